The Bertz CT molecular complexity index is 862. The average Bonchev–Trinajstić information content (AvgIpc) is 3.11. The van der Waals surface area contributed by atoms with E-state index in [4.69, 9.17) is 4.74 Å². The fourth-order valence-corrected chi connectivity index (χ4v) is 2.89. The zero-order valence-electron chi connectivity index (χ0n) is 14.2. The van der Waals surface area contributed by atoms with Gasteiger partial charge in [0.15, 0.2) is 0 Å². The van der Waals surface area contributed by atoms with Crippen LogP contribution >= 0.6 is 11.3 Å². The molecule has 2 heterocycles. The van der Waals surface area contributed by atoms with Crippen LogP contribution in [-0.2, 0) is 13.2 Å². The van der Waals surface area contributed by atoms with Gasteiger partial charge in [-0.15, -0.1) is 11.3 Å². The number of aryl methyl sites for hydroxylation is 2. The summed E-state index contributed by atoms with van der Waals surface area (Å²) in [5, 5.41) is 5.37. The number of nitrogens with zero attached hydrogens (tertiary/aromatic N) is 2. The molecule has 0 aliphatic heterocycles. The first kappa shape index (κ1) is 17.1. The monoisotopic (exact) mass is 353 g/mol. The number of carbonyl (C=O) groups excluding carboxylic acids is 1. The maximum Gasteiger partial charge on any atom is 0.271 e. The van der Waals surface area contributed by atoms with E-state index in [2.05, 4.69) is 29.1 Å². The van der Waals surface area contributed by atoms with Crippen molar-refractivity contribution in [1.29, 1.82) is 0 Å². The number of hydrogen-bond acceptors (Lipinski definition) is 5. The molecule has 0 unspecified atom stereocenters. The van der Waals surface area contributed by atoms with Crippen molar-refractivity contribution < 1.29 is 9.53 Å². The summed E-state index contributed by atoms with van der Waals surface area (Å²) in [4.78, 5) is 20.5. The van der Waals surface area contributed by atoms with Crippen molar-refractivity contribution >= 4 is 17.2 Å². The van der Waals surface area contributed by atoms with Gasteiger partial charge in [-0.1, -0.05) is 6.07 Å². The van der Waals surface area contributed by atoms with Gasteiger partial charge in [0, 0.05) is 24.3 Å². The molecule has 0 fully saturated rings. The average molecular weight is 353 g/mol. The van der Waals surface area contributed by atoms with Gasteiger partial charge in [0.1, 0.15) is 23.1 Å². The Kier molecular flexibility index (Phi) is 5.40. The second-order valence-corrected chi connectivity index (χ2v) is 6.64. The summed E-state index contributed by atoms with van der Waals surface area (Å²) in [5.74, 6) is 0.618. The summed E-state index contributed by atoms with van der Waals surface area (Å²) >= 11 is 1.42. The predicted molar refractivity (Wildman–Crippen MR) is 97.8 cm³/mol. The van der Waals surface area contributed by atoms with Crippen LogP contribution in [0.1, 0.15) is 32.2 Å². The van der Waals surface area contributed by atoms with E-state index in [9.17, 15) is 4.79 Å². The molecule has 25 heavy (non-hydrogen) atoms. The van der Waals surface area contributed by atoms with Gasteiger partial charge in [-0.2, -0.15) is 0 Å². The molecule has 1 aromatic carbocycles. The highest BCUT2D eigenvalue weighted by Crippen LogP contribution is 2.19. The van der Waals surface area contributed by atoms with Gasteiger partial charge in [-0.05, 0) is 54.8 Å². The fraction of sp³-hybridized carbons (Fsp3) is 0.211. The van der Waals surface area contributed by atoms with E-state index < -0.39 is 0 Å². The zero-order valence-corrected chi connectivity index (χ0v) is 15.0. The van der Waals surface area contributed by atoms with Crippen LogP contribution in [0.2, 0.25) is 0 Å². The quantitative estimate of drug-likeness (QED) is 0.734. The number of pyridine rings is 1. The molecule has 3 aromatic rings. The van der Waals surface area contributed by atoms with E-state index in [-0.39, 0.29) is 5.91 Å². The summed E-state index contributed by atoms with van der Waals surface area (Å²) in [7, 11) is 0. The topological polar surface area (TPSA) is 64.1 Å². The van der Waals surface area contributed by atoms with Crippen molar-refractivity contribution in [3.63, 3.8) is 0 Å². The van der Waals surface area contributed by atoms with Crippen LogP contribution in [0, 0.1) is 13.8 Å². The third-order valence-electron chi connectivity index (χ3n) is 3.83. The van der Waals surface area contributed by atoms with Crippen molar-refractivity contribution in [2.45, 2.75) is 27.0 Å². The maximum absolute atomic E-state index is 12.2. The summed E-state index contributed by atoms with van der Waals surface area (Å²) in [6.45, 7) is 4.92. The van der Waals surface area contributed by atoms with Crippen molar-refractivity contribution in [3.8, 4) is 5.75 Å². The van der Waals surface area contributed by atoms with Gasteiger partial charge < -0.3 is 10.1 Å². The minimum Gasteiger partial charge on any atom is -0.486 e. The third-order valence-corrected chi connectivity index (χ3v) is 4.65. The number of rotatable bonds is 6. The van der Waals surface area contributed by atoms with Gasteiger partial charge in [-0.3, -0.25) is 9.78 Å². The smallest absolute Gasteiger partial charge is 0.271 e. The molecule has 0 saturated heterocycles. The van der Waals surface area contributed by atoms with Crippen LogP contribution in [0.5, 0.6) is 5.75 Å². The second-order valence-electron chi connectivity index (χ2n) is 5.70. The highest BCUT2D eigenvalue weighted by atomic mass is 32.1. The Hall–Kier alpha value is -2.73. The summed E-state index contributed by atoms with van der Waals surface area (Å²) in [6.07, 6.45) is 3.40. The van der Waals surface area contributed by atoms with Crippen LogP contribution in [0.4, 0.5) is 0 Å². The molecule has 0 saturated carbocycles. The number of aromatic nitrogens is 2. The lowest BCUT2D eigenvalue weighted by molar-refractivity contribution is 0.0946. The molecule has 0 spiro atoms. The molecule has 0 radical (unpaired) electrons. The standard InChI is InChI=1S/C19H19N3O2S/c1-13-3-4-16(9-14(13)2)24-11-18-22-17(12-25-18)19(23)21-10-15-5-7-20-8-6-15/h3-9,12H,10-11H2,1-2H3,(H,21,23). The molecular weight excluding hydrogens is 334 g/mol. The highest BCUT2D eigenvalue weighted by Gasteiger charge is 2.11. The van der Waals surface area contributed by atoms with Crippen molar-refractivity contribution in [1.82, 2.24) is 15.3 Å². The Morgan fingerprint density at radius 3 is 2.72 bits per heavy atom. The first-order valence-corrected chi connectivity index (χ1v) is 8.81. The van der Waals surface area contributed by atoms with Crippen LogP contribution in [0.15, 0.2) is 48.1 Å². The molecule has 3 rings (SSSR count). The van der Waals surface area contributed by atoms with Gasteiger partial charge in [0.25, 0.3) is 5.91 Å². The Labute approximate surface area is 150 Å². The zero-order chi connectivity index (χ0) is 17.6. The molecular formula is C19H19N3O2S. The van der Waals surface area contributed by atoms with Gasteiger partial charge in [0.05, 0.1) is 0 Å². The van der Waals surface area contributed by atoms with Crippen LogP contribution < -0.4 is 10.1 Å². The second kappa shape index (κ2) is 7.90. The number of hydrogen-bond donors (Lipinski definition) is 1. The number of nitrogens with one attached hydrogen (secondary N) is 1. The normalized spacial score (nSPS) is 10.5. The minimum atomic E-state index is -0.189. The molecule has 2 aromatic heterocycles. The maximum atomic E-state index is 12.2. The van der Waals surface area contributed by atoms with E-state index in [0.29, 0.717) is 18.8 Å². The number of carbonyl (C=O) groups is 1. The molecule has 0 atom stereocenters. The summed E-state index contributed by atoms with van der Waals surface area (Å²) < 4.78 is 5.76. The Balaban J connectivity index is 1.54. The third kappa shape index (κ3) is 4.64. The number of ether oxygens (including phenoxy) is 1. The van der Waals surface area contributed by atoms with E-state index in [1.54, 1.807) is 17.8 Å². The largest absolute Gasteiger partial charge is 0.486 e. The molecule has 0 bridgehead atoms. The van der Waals surface area contributed by atoms with Gasteiger partial charge in [0.2, 0.25) is 0 Å². The van der Waals surface area contributed by atoms with Gasteiger partial charge >= 0.3 is 0 Å². The van der Waals surface area contributed by atoms with E-state index >= 15 is 0 Å². The lowest BCUT2D eigenvalue weighted by Gasteiger charge is -2.06. The fourth-order valence-electron chi connectivity index (χ4n) is 2.20. The highest BCUT2D eigenvalue weighted by molar-refractivity contribution is 7.09. The van der Waals surface area contributed by atoms with Crippen LogP contribution in [0.3, 0.4) is 0 Å². The van der Waals surface area contributed by atoms with E-state index in [0.717, 1.165) is 16.3 Å². The van der Waals surface area contributed by atoms with E-state index in [1.165, 1.54) is 22.5 Å². The first-order valence-electron chi connectivity index (χ1n) is 7.93. The minimum absolute atomic E-state index is 0.189. The Morgan fingerprint density at radius 1 is 1.16 bits per heavy atom. The van der Waals surface area contributed by atoms with Crippen molar-refractivity contribution in [3.05, 3.63) is 75.5 Å². The van der Waals surface area contributed by atoms with Crippen molar-refractivity contribution in [2.24, 2.45) is 0 Å². The summed E-state index contributed by atoms with van der Waals surface area (Å²) in [5.41, 5.74) is 3.83. The molecule has 1 N–H and O–H groups in total. The molecule has 128 valence electrons. The first-order chi connectivity index (χ1) is 12.1. The van der Waals surface area contributed by atoms with Crippen LogP contribution in [0.25, 0.3) is 0 Å². The number of thiazole rings is 1. The molecule has 0 aliphatic rings. The van der Waals surface area contributed by atoms with Gasteiger partial charge in [-0.25, -0.2) is 4.98 Å². The predicted octanol–water partition coefficient (Wildman–Crippen LogP) is 3.66. The number of benzene rings is 1. The molecule has 0 aliphatic carbocycles. The van der Waals surface area contributed by atoms with Crippen LogP contribution in [-0.4, -0.2) is 15.9 Å². The van der Waals surface area contributed by atoms with E-state index in [1.807, 2.05) is 30.3 Å². The van der Waals surface area contributed by atoms with Crippen molar-refractivity contribution in [2.75, 3.05) is 0 Å². The molecule has 1 amide bonds. The SMILES string of the molecule is Cc1ccc(OCc2nc(C(=O)NCc3ccncc3)cs2)cc1C. The Morgan fingerprint density at radius 2 is 1.96 bits per heavy atom. The molecule has 6 heteroatoms. The lowest BCUT2D eigenvalue weighted by atomic mass is 10.1. The number of amides is 1. The lowest BCUT2D eigenvalue weighted by Crippen LogP contribution is -2.23. The molecule has 5 nitrogen and oxygen atoms in total. The summed E-state index contributed by atoms with van der Waals surface area (Å²) in [6, 6.07) is 9.71.